The monoisotopic (exact) mass is 341 g/mol. The van der Waals surface area contributed by atoms with Crippen molar-refractivity contribution in [1.82, 2.24) is 5.32 Å². The minimum atomic E-state index is -0.647. The normalized spacial score (nSPS) is 19.6. The van der Waals surface area contributed by atoms with Gasteiger partial charge in [-0.25, -0.2) is 0 Å². The number of nitrogens with one attached hydrogen (secondary N) is 1. The van der Waals surface area contributed by atoms with Gasteiger partial charge in [0.1, 0.15) is 12.4 Å². The Morgan fingerprint density at radius 1 is 1.35 bits per heavy atom. The van der Waals surface area contributed by atoms with E-state index in [-0.39, 0.29) is 6.04 Å². The third-order valence-electron chi connectivity index (χ3n) is 4.15. The van der Waals surface area contributed by atoms with Gasteiger partial charge >= 0.3 is 0 Å². The average Bonchev–Trinajstić information content (AvgIpc) is 2.46. The van der Waals surface area contributed by atoms with Gasteiger partial charge in [0.15, 0.2) is 0 Å². The molecule has 0 spiro atoms. The van der Waals surface area contributed by atoms with Gasteiger partial charge < -0.3 is 15.2 Å². The van der Waals surface area contributed by atoms with Crippen LogP contribution < -0.4 is 10.1 Å². The van der Waals surface area contributed by atoms with Crippen LogP contribution in [0.2, 0.25) is 0 Å². The maximum atomic E-state index is 10.5. The first-order chi connectivity index (χ1) is 9.54. The van der Waals surface area contributed by atoms with Crippen molar-refractivity contribution in [2.75, 3.05) is 13.7 Å². The highest BCUT2D eigenvalue weighted by Crippen LogP contribution is 2.32. The van der Waals surface area contributed by atoms with E-state index in [2.05, 4.69) is 34.2 Å². The van der Waals surface area contributed by atoms with E-state index in [0.29, 0.717) is 6.61 Å². The molecule has 0 aromatic heterocycles. The Balaban J connectivity index is 2.08. The number of benzene rings is 1. The Morgan fingerprint density at radius 2 is 2.05 bits per heavy atom. The highest BCUT2D eigenvalue weighted by atomic mass is 79.9. The fraction of sp³-hybridized carbons (Fsp3) is 0.625. The summed E-state index contributed by atoms with van der Waals surface area (Å²) in [7, 11) is 1.93. The van der Waals surface area contributed by atoms with Crippen LogP contribution in [0.3, 0.4) is 0 Å². The van der Waals surface area contributed by atoms with Crippen LogP contribution in [0.15, 0.2) is 22.7 Å². The molecule has 112 valence electrons. The van der Waals surface area contributed by atoms with Crippen LogP contribution in [0.4, 0.5) is 0 Å². The molecule has 4 heteroatoms. The molecule has 2 rings (SSSR count). The maximum absolute atomic E-state index is 10.5. The van der Waals surface area contributed by atoms with E-state index in [1.165, 1.54) is 6.42 Å². The first-order valence-electron chi connectivity index (χ1n) is 7.36. The smallest absolute Gasteiger partial charge is 0.124 e. The zero-order valence-electron chi connectivity index (χ0n) is 12.3. The van der Waals surface area contributed by atoms with Crippen molar-refractivity contribution in [2.45, 2.75) is 50.7 Å². The quantitative estimate of drug-likeness (QED) is 0.855. The zero-order valence-corrected chi connectivity index (χ0v) is 13.9. The highest BCUT2D eigenvalue weighted by molar-refractivity contribution is 9.10. The predicted molar refractivity (Wildman–Crippen MR) is 85.1 cm³/mol. The molecule has 0 saturated heterocycles. The fourth-order valence-electron chi connectivity index (χ4n) is 2.71. The summed E-state index contributed by atoms with van der Waals surface area (Å²) in [6, 6.07) is 6.23. The molecule has 1 fully saturated rings. The second-order valence-electron chi connectivity index (χ2n) is 5.77. The average molecular weight is 342 g/mol. The molecule has 1 saturated carbocycles. The van der Waals surface area contributed by atoms with Crippen molar-refractivity contribution in [2.24, 2.45) is 0 Å². The highest BCUT2D eigenvalue weighted by Gasteiger charge is 2.30. The van der Waals surface area contributed by atoms with Crippen LogP contribution >= 0.6 is 15.9 Å². The van der Waals surface area contributed by atoms with Crippen molar-refractivity contribution in [3.8, 4) is 5.75 Å². The molecule has 0 amide bonds. The number of halogens is 1. The molecule has 0 heterocycles. The van der Waals surface area contributed by atoms with Crippen LogP contribution in [-0.4, -0.2) is 24.4 Å². The second-order valence-corrected chi connectivity index (χ2v) is 6.68. The van der Waals surface area contributed by atoms with Crippen molar-refractivity contribution >= 4 is 15.9 Å². The van der Waals surface area contributed by atoms with Crippen molar-refractivity contribution in [3.05, 3.63) is 28.2 Å². The summed E-state index contributed by atoms with van der Waals surface area (Å²) in [6.07, 6.45) is 5.11. The van der Waals surface area contributed by atoms with Gasteiger partial charge in [0.25, 0.3) is 0 Å². The lowest BCUT2D eigenvalue weighted by Crippen LogP contribution is -2.38. The standard InChI is InChI=1S/C16H24BrNO2/c1-12(18-2)14-10-13(17)6-7-15(14)20-11-16(19)8-4-3-5-9-16/h6-7,10,12,18-19H,3-5,8-9,11H2,1-2H3. The van der Waals surface area contributed by atoms with Crippen LogP contribution in [0.25, 0.3) is 0 Å². The molecule has 3 nitrogen and oxygen atoms in total. The van der Waals surface area contributed by atoms with E-state index in [4.69, 9.17) is 4.74 Å². The molecule has 2 N–H and O–H groups in total. The van der Waals surface area contributed by atoms with Gasteiger partial charge in [0, 0.05) is 16.1 Å². The van der Waals surface area contributed by atoms with E-state index in [0.717, 1.165) is 41.5 Å². The largest absolute Gasteiger partial charge is 0.490 e. The Labute approximate surface area is 129 Å². The van der Waals surface area contributed by atoms with E-state index in [1.54, 1.807) is 0 Å². The third kappa shape index (κ3) is 3.96. The molecule has 1 aromatic carbocycles. The Hall–Kier alpha value is -0.580. The predicted octanol–water partition coefficient (Wildman–Crippen LogP) is 3.80. The van der Waals surface area contributed by atoms with E-state index in [9.17, 15) is 5.11 Å². The Kier molecular flexibility index (Phi) is 5.47. The van der Waals surface area contributed by atoms with Crippen LogP contribution in [0.5, 0.6) is 5.75 Å². The summed E-state index contributed by atoms with van der Waals surface area (Å²) in [5, 5.41) is 13.8. The molecule has 0 bridgehead atoms. The lowest BCUT2D eigenvalue weighted by atomic mass is 9.85. The van der Waals surface area contributed by atoms with Gasteiger partial charge in [-0.1, -0.05) is 35.2 Å². The van der Waals surface area contributed by atoms with Crippen LogP contribution in [0, 0.1) is 0 Å². The molecule has 0 aliphatic heterocycles. The van der Waals surface area contributed by atoms with E-state index < -0.39 is 5.60 Å². The number of aliphatic hydroxyl groups is 1. The van der Waals surface area contributed by atoms with Gasteiger partial charge in [-0.15, -0.1) is 0 Å². The van der Waals surface area contributed by atoms with Gasteiger partial charge in [-0.05, 0) is 45.0 Å². The van der Waals surface area contributed by atoms with Gasteiger partial charge in [-0.2, -0.15) is 0 Å². The van der Waals surface area contributed by atoms with E-state index in [1.807, 2.05) is 19.2 Å². The lowest BCUT2D eigenvalue weighted by molar-refractivity contribution is -0.0341. The van der Waals surface area contributed by atoms with Crippen LogP contribution in [-0.2, 0) is 0 Å². The summed E-state index contributed by atoms with van der Waals surface area (Å²) >= 11 is 3.50. The summed E-state index contributed by atoms with van der Waals surface area (Å²) in [4.78, 5) is 0. The van der Waals surface area contributed by atoms with Crippen LogP contribution in [0.1, 0.15) is 50.6 Å². The SMILES string of the molecule is CNC(C)c1cc(Br)ccc1OCC1(O)CCCCC1. The molecule has 20 heavy (non-hydrogen) atoms. The van der Waals surface area contributed by atoms with Gasteiger partial charge in [0.2, 0.25) is 0 Å². The summed E-state index contributed by atoms with van der Waals surface area (Å²) in [5.41, 5.74) is 0.465. The lowest BCUT2D eigenvalue weighted by Gasteiger charge is -2.32. The van der Waals surface area contributed by atoms with E-state index >= 15 is 0 Å². The topological polar surface area (TPSA) is 41.5 Å². The molecule has 1 aromatic rings. The first-order valence-corrected chi connectivity index (χ1v) is 8.15. The van der Waals surface area contributed by atoms with Crippen molar-refractivity contribution in [3.63, 3.8) is 0 Å². The summed E-state index contributed by atoms with van der Waals surface area (Å²) in [6.45, 7) is 2.49. The van der Waals surface area contributed by atoms with Crippen molar-refractivity contribution in [1.29, 1.82) is 0 Å². The van der Waals surface area contributed by atoms with Crippen molar-refractivity contribution < 1.29 is 9.84 Å². The number of ether oxygens (including phenoxy) is 1. The molecule has 1 unspecified atom stereocenters. The fourth-order valence-corrected chi connectivity index (χ4v) is 3.09. The number of rotatable bonds is 5. The summed E-state index contributed by atoms with van der Waals surface area (Å²) < 4.78 is 6.99. The molecule has 1 aliphatic rings. The molecule has 1 atom stereocenters. The minimum absolute atomic E-state index is 0.212. The molecular weight excluding hydrogens is 318 g/mol. The number of hydrogen-bond donors (Lipinski definition) is 2. The third-order valence-corrected chi connectivity index (χ3v) is 4.65. The molecular formula is C16H24BrNO2. The Bertz CT molecular complexity index is 444. The summed E-state index contributed by atoms with van der Waals surface area (Å²) in [5.74, 6) is 0.856. The first kappa shape index (κ1) is 15.8. The zero-order chi connectivity index (χ0) is 14.6. The molecule has 1 aliphatic carbocycles. The number of hydrogen-bond acceptors (Lipinski definition) is 3. The van der Waals surface area contributed by atoms with Gasteiger partial charge in [0.05, 0.1) is 5.60 Å². The maximum Gasteiger partial charge on any atom is 0.124 e. The van der Waals surface area contributed by atoms with Gasteiger partial charge in [-0.3, -0.25) is 0 Å². The second kappa shape index (κ2) is 6.92. The molecule has 0 radical (unpaired) electrons. The minimum Gasteiger partial charge on any atom is -0.490 e. The Morgan fingerprint density at radius 3 is 2.70 bits per heavy atom.